The van der Waals surface area contributed by atoms with Crippen molar-refractivity contribution in [1.82, 2.24) is 10.3 Å². The van der Waals surface area contributed by atoms with Gasteiger partial charge in [0, 0.05) is 23.7 Å². The van der Waals surface area contributed by atoms with Crippen LogP contribution < -0.4 is 5.32 Å². The van der Waals surface area contributed by atoms with Gasteiger partial charge in [0.15, 0.2) is 0 Å². The van der Waals surface area contributed by atoms with E-state index in [0.29, 0.717) is 6.04 Å². The van der Waals surface area contributed by atoms with E-state index in [2.05, 4.69) is 55.3 Å². The van der Waals surface area contributed by atoms with E-state index in [9.17, 15) is 0 Å². The smallest absolute Gasteiger partial charge is 0.0708 e. The van der Waals surface area contributed by atoms with Crippen molar-refractivity contribution in [1.29, 1.82) is 0 Å². The van der Waals surface area contributed by atoms with Crippen molar-refractivity contribution in [3.05, 3.63) is 41.6 Å². The molecule has 0 aliphatic heterocycles. The Bertz CT molecular complexity index is 505. The SMILES string of the molecule is CCC(C)NCc1cc(C)nc2ccccc12. The van der Waals surface area contributed by atoms with Crippen LogP contribution in [0.4, 0.5) is 0 Å². The van der Waals surface area contributed by atoms with Gasteiger partial charge in [-0.15, -0.1) is 0 Å². The lowest BCUT2D eigenvalue weighted by molar-refractivity contribution is 0.535. The molecule has 0 fully saturated rings. The highest BCUT2D eigenvalue weighted by molar-refractivity contribution is 5.82. The fraction of sp³-hybridized carbons (Fsp3) is 0.400. The Balaban J connectivity index is 2.32. The minimum absolute atomic E-state index is 0.558. The second-order valence-electron chi connectivity index (χ2n) is 4.63. The summed E-state index contributed by atoms with van der Waals surface area (Å²) in [6.45, 7) is 7.39. The molecule has 1 atom stereocenters. The molecule has 2 nitrogen and oxygen atoms in total. The zero-order valence-electron chi connectivity index (χ0n) is 10.8. The number of para-hydroxylation sites is 1. The highest BCUT2D eigenvalue weighted by Gasteiger charge is 2.04. The van der Waals surface area contributed by atoms with Crippen LogP contribution in [0.2, 0.25) is 0 Å². The molecule has 1 N–H and O–H groups in total. The summed E-state index contributed by atoms with van der Waals surface area (Å²) in [5, 5.41) is 4.80. The molecule has 0 bridgehead atoms. The largest absolute Gasteiger partial charge is 0.310 e. The number of rotatable bonds is 4. The minimum atomic E-state index is 0.558. The van der Waals surface area contributed by atoms with Gasteiger partial charge in [0.05, 0.1) is 5.52 Å². The van der Waals surface area contributed by atoms with Crippen molar-refractivity contribution < 1.29 is 0 Å². The van der Waals surface area contributed by atoms with Crippen LogP contribution in [0, 0.1) is 6.92 Å². The molecule has 0 saturated heterocycles. The Kier molecular flexibility index (Phi) is 3.75. The first kappa shape index (κ1) is 12.1. The topological polar surface area (TPSA) is 24.9 Å². The summed E-state index contributed by atoms with van der Waals surface area (Å²) in [6.07, 6.45) is 1.15. The molecule has 0 aliphatic rings. The Morgan fingerprint density at radius 2 is 2.06 bits per heavy atom. The van der Waals surface area contributed by atoms with E-state index in [-0.39, 0.29) is 0 Å². The lowest BCUT2D eigenvalue weighted by atomic mass is 10.1. The van der Waals surface area contributed by atoms with E-state index in [1.54, 1.807) is 0 Å². The average molecular weight is 228 g/mol. The van der Waals surface area contributed by atoms with E-state index < -0.39 is 0 Å². The van der Waals surface area contributed by atoms with Crippen molar-refractivity contribution in [3.63, 3.8) is 0 Å². The van der Waals surface area contributed by atoms with Gasteiger partial charge in [-0.25, -0.2) is 0 Å². The fourth-order valence-corrected chi connectivity index (χ4v) is 1.97. The summed E-state index contributed by atoms with van der Waals surface area (Å²) in [7, 11) is 0. The van der Waals surface area contributed by atoms with Crippen LogP contribution in [0.25, 0.3) is 10.9 Å². The highest BCUT2D eigenvalue weighted by atomic mass is 14.9. The molecule has 1 aromatic carbocycles. The number of hydrogen-bond donors (Lipinski definition) is 1. The molecule has 0 aliphatic carbocycles. The van der Waals surface area contributed by atoms with Gasteiger partial charge < -0.3 is 5.32 Å². The standard InChI is InChI=1S/C15H20N2/c1-4-11(2)16-10-13-9-12(3)17-15-8-6-5-7-14(13)15/h5-9,11,16H,4,10H2,1-3H3. The first-order valence-electron chi connectivity index (χ1n) is 6.29. The number of hydrogen-bond acceptors (Lipinski definition) is 2. The van der Waals surface area contributed by atoms with Gasteiger partial charge >= 0.3 is 0 Å². The maximum atomic E-state index is 4.56. The van der Waals surface area contributed by atoms with Crippen LogP contribution in [0.15, 0.2) is 30.3 Å². The normalized spacial score (nSPS) is 12.9. The lowest BCUT2D eigenvalue weighted by Gasteiger charge is -2.13. The predicted molar refractivity (Wildman–Crippen MR) is 73.1 cm³/mol. The second-order valence-corrected chi connectivity index (χ2v) is 4.63. The molecule has 17 heavy (non-hydrogen) atoms. The first-order chi connectivity index (χ1) is 8.20. The van der Waals surface area contributed by atoms with Crippen LogP contribution in [-0.4, -0.2) is 11.0 Å². The number of aryl methyl sites for hydroxylation is 1. The van der Waals surface area contributed by atoms with Crippen molar-refractivity contribution in [2.75, 3.05) is 0 Å². The second kappa shape index (κ2) is 5.28. The molecule has 2 heteroatoms. The van der Waals surface area contributed by atoms with Gasteiger partial charge in [-0.2, -0.15) is 0 Å². The van der Waals surface area contributed by atoms with E-state index in [4.69, 9.17) is 0 Å². The van der Waals surface area contributed by atoms with Crippen molar-refractivity contribution in [2.24, 2.45) is 0 Å². The van der Waals surface area contributed by atoms with Crippen molar-refractivity contribution in [2.45, 2.75) is 39.8 Å². The molecular weight excluding hydrogens is 208 g/mol. The third kappa shape index (κ3) is 2.83. The zero-order chi connectivity index (χ0) is 12.3. The number of pyridine rings is 1. The van der Waals surface area contributed by atoms with Gasteiger partial charge in [-0.05, 0) is 38.0 Å². The van der Waals surface area contributed by atoms with Gasteiger partial charge in [0.25, 0.3) is 0 Å². The quantitative estimate of drug-likeness (QED) is 0.867. The van der Waals surface area contributed by atoms with Crippen LogP contribution in [0.3, 0.4) is 0 Å². The van der Waals surface area contributed by atoms with Crippen LogP contribution in [0.1, 0.15) is 31.5 Å². The predicted octanol–water partition coefficient (Wildman–Crippen LogP) is 3.43. The molecule has 2 rings (SSSR count). The number of nitrogens with one attached hydrogen (secondary N) is 1. The monoisotopic (exact) mass is 228 g/mol. The third-order valence-electron chi connectivity index (χ3n) is 3.18. The van der Waals surface area contributed by atoms with E-state index >= 15 is 0 Å². The zero-order valence-corrected chi connectivity index (χ0v) is 10.8. The Morgan fingerprint density at radius 1 is 1.29 bits per heavy atom. The van der Waals surface area contributed by atoms with E-state index in [1.807, 2.05) is 6.07 Å². The number of benzene rings is 1. The minimum Gasteiger partial charge on any atom is -0.310 e. The summed E-state index contributed by atoms with van der Waals surface area (Å²) in [4.78, 5) is 4.56. The maximum absolute atomic E-state index is 4.56. The first-order valence-corrected chi connectivity index (χ1v) is 6.29. The molecule has 1 unspecified atom stereocenters. The number of aromatic nitrogens is 1. The summed E-state index contributed by atoms with van der Waals surface area (Å²) < 4.78 is 0. The van der Waals surface area contributed by atoms with Crippen LogP contribution in [-0.2, 0) is 6.54 Å². The van der Waals surface area contributed by atoms with Crippen LogP contribution in [0.5, 0.6) is 0 Å². The number of nitrogens with zero attached hydrogens (tertiary/aromatic N) is 1. The van der Waals surface area contributed by atoms with Crippen LogP contribution >= 0.6 is 0 Å². The molecule has 0 radical (unpaired) electrons. The Labute approximate surface area is 103 Å². The lowest BCUT2D eigenvalue weighted by Crippen LogP contribution is -2.24. The summed E-state index contributed by atoms with van der Waals surface area (Å²) >= 11 is 0. The Hall–Kier alpha value is -1.41. The molecule has 0 saturated carbocycles. The van der Waals surface area contributed by atoms with E-state index in [1.165, 1.54) is 10.9 Å². The third-order valence-corrected chi connectivity index (χ3v) is 3.18. The Morgan fingerprint density at radius 3 is 2.82 bits per heavy atom. The average Bonchev–Trinajstić information content (AvgIpc) is 2.35. The summed E-state index contributed by atoms with van der Waals surface area (Å²) in [5.41, 5.74) is 3.52. The van der Waals surface area contributed by atoms with Crippen molar-refractivity contribution in [3.8, 4) is 0 Å². The van der Waals surface area contributed by atoms with Gasteiger partial charge in [0.1, 0.15) is 0 Å². The van der Waals surface area contributed by atoms with Gasteiger partial charge in [0.2, 0.25) is 0 Å². The molecular formula is C15H20N2. The van der Waals surface area contributed by atoms with Gasteiger partial charge in [-0.1, -0.05) is 25.1 Å². The molecule has 0 amide bonds. The molecule has 1 heterocycles. The summed E-state index contributed by atoms with van der Waals surface area (Å²) in [5.74, 6) is 0. The van der Waals surface area contributed by atoms with Gasteiger partial charge in [-0.3, -0.25) is 4.98 Å². The molecule has 1 aromatic heterocycles. The van der Waals surface area contributed by atoms with Crippen molar-refractivity contribution >= 4 is 10.9 Å². The summed E-state index contributed by atoms with van der Waals surface area (Å²) in [6, 6.07) is 11.1. The maximum Gasteiger partial charge on any atom is 0.0708 e. The molecule has 2 aromatic rings. The molecule has 0 spiro atoms. The highest BCUT2D eigenvalue weighted by Crippen LogP contribution is 2.18. The molecule has 90 valence electrons. The fourth-order valence-electron chi connectivity index (χ4n) is 1.97. The van der Waals surface area contributed by atoms with E-state index in [0.717, 1.165) is 24.2 Å². The number of fused-ring (bicyclic) bond motifs is 1.